The number of H-pyrrole nitrogens is 1. The third kappa shape index (κ3) is 4.31. The summed E-state index contributed by atoms with van der Waals surface area (Å²) in [6, 6.07) is 13.8. The van der Waals surface area contributed by atoms with Crippen molar-refractivity contribution in [1.29, 1.82) is 0 Å². The molecule has 1 amide bonds. The number of nitrogens with one attached hydrogen (secondary N) is 2. The van der Waals surface area contributed by atoms with E-state index in [1.807, 2.05) is 19.1 Å². The fourth-order valence-electron chi connectivity index (χ4n) is 4.67. The van der Waals surface area contributed by atoms with Crippen LogP contribution < -0.4 is 10.1 Å². The molecular formula is C27H24FN7O2. The van der Waals surface area contributed by atoms with Gasteiger partial charge in [-0.25, -0.2) is 9.37 Å². The molecule has 0 bridgehead atoms. The molecule has 0 spiro atoms. The molecule has 0 unspecified atom stereocenters. The number of carbonyl (C=O) groups is 1. The Morgan fingerprint density at radius 3 is 2.78 bits per heavy atom. The number of rotatable bonds is 7. The van der Waals surface area contributed by atoms with Crippen LogP contribution in [0.15, 0.2) is 67.1 Å². The Hall–Kier alpha value is -4.60. The minimum absolute atomic E-state index is 0.000711. The Bertz CT molecular complexity index is 1540. The van der Waals surface area contributed by atoms with E-state index in [1.54, 1.807) is 53.5 Å². The molecule has 0 radical (unpaired) electrons. The number of amides is 1. The third-order valence-electron chi connectivity index (χ3n) is 6.56. The van der Waals surface area contributed by atoms with E-state index in [0.717, 1.165) is 10.9 Å². The molecule has 1 saturated carbocycles. The number of hydrogen-bond donors (Lipinski definition) is 2. The van der Waals surface area contributed by atoms with E-state index in [2.05, 4.69) is 30.5 Å². The fraction of sp³-hybridized carbons (Fsp3) is 0.222. The van der Waals surface area contributed by atoms with Crippen molar-refractivity contribution in [3.05, 3.63) is 84.5 Å². The van der Waals surface area contributed by atoms with Crippen LogP contribution in [-0.4, -0.2) is 48.3 Å². The highest BCUT2D eigenvalue weighted by molar-refractivity contribution is 5.98. The van der Waals surface area contributed by atoms with Crippen LogP contribution in [0, 0.1) is 5.82 Å². The minimum Gasteiger partial charge on any atom is -0.492 e. The van der Waals surface area contributed by atoms with E-state index in [0.29, 0.717) is 53.9 Å². The summed E-state index contributed by atoms with van der Waals surface area (Å²) in [6.45, 7) is 2.44. The maximum absolute atomic E-state index is 14.9. The molecule has 0 aliphatic heterocycles. The Morgan fingerprint density at radius 1 is 1.16 bits per heavy atom. The largest absolute Gasteiger partial charge is 0.492 e. The Kier molecular flexibility index (Phi) is 5.84. The topological polar surface area (TPSA) is 111 Å². The van der Waals surface area contributed by atoms with E-state index in [9.17, 15) is 9.18 Å². The molecule has 1 fully saturated rings. The van der Waals surface area contributed by atoms with Crippen LogP contribution in [-0.2, 0) is 0 Å². The Labute approximate surface area is 211 Å². The maximum Gasteiger partial charge on any atom is 0.267 e. The first-order valence-corrected chi connectivity index (χ1v) is 12.1. The normalized spacial score (nSPS) is 16.9. The van der Waals surface area contributed by atoms with Gasteiger partial charge in [0.05, 0.1) is 30.2 Å². The van der Waals surface area contributed by atoms with E-state index >= 15 is 0 Å². The zero-order valence-corrected chi connectivity index (χ0v) is 20.1. The maximum atomic E-state index is 14.9. The molecule has 37 heavy (non-hydrogen) atoms. The summed E-state index contributed by atoms with van der Waals surface area (Å²) in [5, 5.41) is 12.8. The summed E-state index contributed by atoms with van der Waals surface area (Å²) in [5.41, 5.74) is 2.22. The Balaban J connectivity index is 1.24. The molecule has 0 atom stereocenters. The molecule has 9 nitrogen and oxygen atoms in total. The number of pyridine rings is 2. The lowest BCUT2D eigenvalue weighted by Gasteiger charge is -2.35. The molecule has 1 aromatic carbocycles. The van der Waals surface area contributed by atoms with Crippen LogP contribution in [0.3, 0.4) is 0 Å². The van der Waals surface area contributed by atoms with Gasteiger partial charge >= 0.3 is 0 Å². The molecule has 6 rings (SSSR count). The molecule has 186 valence electrons. The molecule has 1 aliphatic rings. The molecule has 10 heteroatoms. The lowest BCUT2D eigenvalue weighted by atomic mass is 9.79. The summed E-state index contributed by atoms with van der Waals surface area (Å²) in [7, 11) is 0. The van der Waals surface area contributed by atoms with Crippen LogP contribution in [0.1, 0.15) is 42.0 Å². The Morgan fingerprint density at radius 2 is 2.03 bits per heavy atom. The second kappa shape index (κ2) is 9.45. The quantitative estimate of drug-likeness (QED) is 0.344. The van der Waals surface area contributed by atoms with Gasteiger partial charge in [-0.1, -0.05) is 12.1 Å². The summed E-state index contributed by atoms with van der Waals surface area (Å²) in [4.78, 5) is 24.4. The highest BCUT2D eigenvalue weighted by atomic mass is 19.1. The number of aromatic amines is 1. The zero-order chi connectivity index (χ0) is 25.4. The molecular weight excluding hydrogens is 473 g/mol. The van der Waals surface area contributed by atoms with Gasteiger partial charge in [0.1, 0.15) is 28.8 Å². The van der Waals surface area contributed by atoms with Gasteiger partial charge in [0.15, 0.2) is 5.82 Å². The summed E-state index contributed by atoms with van der Waals surface area (Å²) >= 11 is 0. The molecule has 1 aliphatic carbocycles. The van der Waals surface area contributed by atoms with Gasteiger partial charge in [-0.3, -0.25) is 14.3 Å². The number of halogens is 1. The third-order valence-corrected chi connectivity index (χ3v) is 6.56. The van der Waals surface area contributed by atoms with E-state index in [-0.39, 0.29) is 23.7 Å². The van der Waals surface area contributed by atoms with Crippen molar-refractivity contribution in [1.82, 2.24) is 35.0 Å². The molecule has 4 aromatic heterocycles. The first-order chi connectivity index (χ1) is 18.1. The molecule has 0 saturated heterocycles. The zero-order valence-electron chi connectivity index (χ0n) is 20.1. The van der Waals surface area contributed by atoms with Gasteiger partial charge < -0.3 is 15.0 Å². The van der Waals surface area contributed by atoms with Crippen molar-refractivity contribution >= 4 is 16.8 Å². The van der Waals surface area contributed by atoms with E-state index in [4.69, 9.17) is 4.74 Å². The standard InChI is InChI=1S/C27H24FN7O2/c1-2-37-19-7-8-21(30-14-19)26-34-33-25(35(26)24-6-4-3-5-20(24)28)17-11-18(12-17)31-27(36)22-13-16-9-10-29-15-23(16)32-22/h3-10,13-15,17-18,32H,2,11-12H2,1H3,(H,31,36)/t17-,18-. The number of carbonyl (C=O) groups excluding carboxylic acids is 1. The average molecular weight is 498 g/mol. The van der Waals surface area contributed by atoms with Crippen molar-refractivity contribution in [3.63, 3.8) is 0 Å². The second-order valence-electron chi connectivity index (χ2n) is 8.97. The summed E-state index contributed by atoms with van der Waals surface area (Å²) in [5.74, 6) is 1.18. The highest BCUT2D eigenvalue weighted by Crippen LogP contribution is 2.39. The number of hydrogen-bond acceptors (Lipinski definition) is 6. The number of aromatic nitrogens is 6. The first kappa shape index (κ1) is 22.8. The van der Waals surface area contributed by atoms with Crippen molar-refractivity contribution < 1.29 is 13.9 Å². The van der Waals surface area contributed by atoms with Crippen LogP contribution in [0.4, 0.5) is 4.39 Å². The predicted molar refractivity (Wildman–Crippen MR) is 135 cm³/mol. The van der Waals surface area contributed by atoms with Gasteiger partial charge in [-0.2, -0.15) is 0 Å². The summed E-state index contributed by atoms with van der Waals surface area (Å²) in [6.07, 6.45) is 6.33. The number of benzene rings is 1. The van der Waals surface area contributed by atoms with Crippen LogP contribution in [0.25, 0.3) is 28.1 Å². The number of ether oxygens (including phenoxy) is 1. The highest BCUT2D eigenvalue weighted by Gasteiger charge is 2.36. The predicted octanol–water partition coefficient (Wildman–Crippen LogP) is 4.42. The molecule has 5 aromatic rings. The number of nitrogens with zero attached hydrogens (tertiary/aromatic N) is 5. The van der Waals surface area contributed by atoms with Gasteiger partial charge in [0.2, 0.25) is 0 Å². The minimum atomic E-state index is -0.381. The van der Waals surface area contributed by atoms with Gasteiger partial charge in [-0.15, -0.1) is 10.2 Å². The lowest BCUT2D eigenvalue weighted by Crippen LogP contribution is -2.44. The molecule has 4 heterocycles. The average Bonchev–Trinajstić information content (AvgIpc) is 3.52. The monoisotopic (exact) mass is 497 g/mol. The van der Waals surface area contributed by atoms with Crippen molar-refractivity contribution in [2.75, 3.05) is 6.61 Å². The van der Waals surface area contributed by atoms with Crippen molar-refractivity contribution in [2.24, 2.45) is 0 Å². The lowest BCUT2D eigenvalue weighted by molar-refractivity contribution is 0.0903. The second-order valence-corrected chi connectivity index (χ2v) is 8.97. The van der Waals surface area contributed by atoms with Gasteiger partial charge in [0, 0.05) is 23.5 Å². The first-order valence-electron chi connectivity index (χ1n) is 12.1. The van der Waals surface area contributed by atoms with E-state index in [1.165, 1.54) is 6.07 Å². The smallest absolute Gasteiger partial charge is 0.267 e. The van der Waals surface area contributed by atoms with Crippen LogP contribution in [0.5, 0.6) is 5.75 Å². The SMILES string of the molecule is CCOc1ccc(-c2nnc([C@H]3C[C@H](NC(=O)c4cc5ccncc5[nH]4)C3)n2-c2ccccc2F)nc1. The fourth-order valence-corrected chi connectivity index (χ4v) is 4.67. The van der Waals surface area contributed by atoms with Crippen LogP contribution in [0.2, 0.25) is 0 Å². The van der Waals surface area contributed by atoms with Gasteiger partial charge in [0.25, 0.3) is 5.91 Å². The van der Waals surface area contributed by atoms with Crippen molar-refractivity contribution in [2.45, 2.75) is 31.7 Å². The van der Waals surface area contributed by atoms with Crippen LogP contribution >= 0.6 is 0 Å². The summed E-state index contributed by atoms with van der Waals surface area (Å²) < 4.78 is 22.1. The van der Waals surface area contributed by atoms with Gasteiger partial charge in [-0.05, 0) is 56.2 Å². The van der Waals surface area contributed by atoms with E-state index < -0.39 is 0 Å². The molecule has 2 N–H and O–H groups in total. The number of para-hydroxylation sites is 1. The number of fused-ring (bicyclic) bond motifs is 1. The van der Waals surface area contributed by atoms with Crippen molar-refractivity contribution in [3.8, 4) is 23.0 Å².